The summed E-state index contributed by atoms with van der Waals surface area (Å²) in [6, 6.07) is 0. The molecule has 0 amide bonds. The lowest BCUT2D eigenvalue weighted by Crippen LogP contribution is -2.33. The zero-order valence-electron chi connectivity index (χ0n) is 13.0. The first-order valence-corrected chi connectivity index (χ1v) is 8.55. The van der Waals surface area contributed by atoms with Crippen LogP contribution in [0.2, 0.25) is 0 Å². The molecule has 2 aliphatic rings. The van der Waals surface area contributed by atoms with Gasteiger partial charge in [-0.05, 0) is 51.9 Å². The van der Waals surface area contributed by atoms with Gasteiger partial charge in [0, 0.05) is 13.1 Å². The molecule has 4 nitrogen and oxygen atoms in total. The number of hydrogen-bond acceptors (Lipinski definition) is 4. The van der Waals surface area contributed by atoms with Gasteiger partial charge in [-0.1, -0.05) is 12.8 Å². The summed E-state index contributed by atoms with van der Waals surface area (Å²) in [6.07, 6.45) is 8.25. The van der Waals surface area contributed by atoms with Gasteiger partial charge >= 0.3 is 0 Å². The molecule has 2 fully saturated rings. The summed E-state index contributed by atoms with van der Waals surface area (Å²) in [5.74, 6) is 0. The standard InChI is InChI=1S/C16H32N2O2/c1-3-7-17(8-4-1)11-13-19-15-16-20-14-12-18-9-5-2-6-10-18/h1-16H2. The molecule has 4 heteroatoms. The topological polar surface area (TPSA) is 24.9 Å². The maximum Gasteiger partial charge on any atom is 0.0701 e. The van der Waals surface area contributed by atoms with Crippen LogP contribution in [0.15, 0.2) is 0 Å². The van der Waals surface area contributed by atoms with Crippen LogP contribution < -0.4 is 0 Å². The highest BCUT2D eigenvalue weighted by Crippen LogP contribution is 2.08. The number of hydrogen-bond donors (Lipinski definition) is 0. The molecule has 0 aliphatic carbocycles. The highest BCUT2D eigenvalue weighted by molar-refractivity contribution is 4.64. The van der Waals surface area contributed by atoms with Crippen LogP contribution in [0, 0.1) is 0 Å². The fourth-order valence-corrected chi connectivity index (χ4v) is 3.08. The largest absolute Gasteiger partial charge is 0.378 e. The minimum Gasteiger partial charge on any atom is -0.378 e. The fourth-order valence-electron chi connectivity index (χ4n) is 3.08. The molecule has 2 heterocycles. The second kappa shape index (κ2) is 10.6. The highest BCUT2D eigenvalue weighted by atomic mass is 16.5. The Hall–Kier alpha value is -0.160. The summed E-state index contributed by atoms with van der Waals surface area (Å²) in [6.45, 7) is 10.4. The molecule has 0 radical (unpaired) electrons. The van der Waals surface area contributed by atoms with Gasteiger partial charge < -0.3 is 19.3 Å². The first-order valence-electron chi connectivity index (χ1n) is 8.55. The molecule has 20 heavy (non-hydrogen) atoms. The molecule has 0 spiro atoms. The molecule has 0 atom stereocenters. The Bertz CT molecular complexity index is 203. The number of piperidine rings is 2. The number of rotatable bonds is 9. The average molecular weight is 284 g/mol. The summed E-state index contributed by atoms with van der Waals surface area (Å²) in [5, 5.41) is 0. The molecule has 0 unspecified atom stereocenters. The van der Waals surface area contributed by atoms with E-state index in [0.29, 0.717) is 0 Å². The van der Waals surface area contributed by atoms with Crippen molar-refractivity contribution in [3.05, 3.63) is 0 Å². The summed E-state index contributed by atoms with van der Waals surface area (Å²) in [7, 11) is 0. The monoisotopic (exact) mass is 284 g/mol. The summed E-state index contributed by atoms with van der Waals surface area (Å²) < 4.78 is 11.3. The van der Waals surface area contributed by atoms with Crippen LogP contribution in [0.25, 0.3) is 0 Å². The Morgan fingerprint density at radius 2 is 0.900 bits per heavy atom. The second-order valence-corrected chi connectivity index (χ2v) is 6.03. The van der Waals surface area contributed by atoms with E-state index >= 15 is 0 Å². The van der Waals surface area contributed by atoms with E-state index in [1.54, 1.807) is 0 Å². The van der Waals surface area contributed by atoms with E-state index in [2.05, 4.69) is 9.80 Å². The van der Waals surface area contributed by atoms with Crippen molar-refractivity contribution in [2.45, 2.75) is 38.5 Å². The van der Waals surface area contributed by atoms with E-state index < -0.39 is 0 Å². The van der Waals surface area contributed by atoms with Crippen LogP contribution in [-0.4, -0.2) is 75.5 Å². The molecule has 2 saturated heterocycles. The maximum atomic E-state index is 5.65. The highest BCUT2D eigenvalue weighted by Gasteiger charge is 2.10. The molecule has 0 saturated carbocycles. The molecule has 2 rings (SSSR count). The fraction of sp³-hybridized carbons (Fsp3) is 1.00. The Labute approximate surface area is 124 Å². The van der Waals surface area contributed by atoms with Crippen molar-refractivity contribution < 1.29 is 9.47 Å². The Kier molecular flexibility index (Phi) is 8.55. The Morgan fingerprint density at radius 3 is 1.30 bits per heavy atom. The van der Waals surface area contributed by atoms with Gasteiger partial charge in [-0.3, -0.25) is 0 Å². The molecule has 118 valence electrons. The van der Waals surface area contributed by atoms with Gasteiger partial charge in [-0.2, -0.15) is 0 Å². The average Bonchev–Trinajstić information content (AvgIpc) is 2.52. The lowest BCUT2D eigenvalue weighted by atomic mass is 10.1. The van der Waals surface area contributed by atoms with Crippen LogP contribution in [0.1, 0.15) is 38.5 Å². The number of likely N-dealkylation sites (tertiary alicyclic amines) is 2. The van der Waals surface area contributed by atoms with Crippen molar-refractivity contribution >= 4 is 0 Å². The summed E-state index contributed by atoms with van der Waals surface area (Å²) >= 11 is 0. The normalized spacial score (nSPS) is 22.2. The van der Waals surface area contributed by atoms with Crippen LogP contribution in [0.3, 0.4) is 0 Å². The van der Waals surface area contributed by atoms with E-state index in [4.69, 9.17) is 9.47 Å². The van der Waals surface area contributed by atoms with Crippen molar-refractivity contribution in [2.24, 2.45) is 0 Å². The van der Waals surface area contributed by atoms with Crippen LogP contribution >= 0.6 is 0 Å². The van der Waals surface area contributed by atoms with Crippen LogP contribution in [0.4, 0.5) is 0 Å². The van der Waals surface area contributed by atoms with Gasteiger partial charge in [0.25, 0.3) is 0 Å². The molecule has 0 aromatic heterocycles. The molecule has 0 aromatic carbocycles. The van der Waals surface area contributed by atoms with E-state index in [0.717, 1.165) is 39.5 Å². The van der Waals surface area contributed by atoms with E-state index in [9.17, 15) is 0 Å². The van der Waals surface area contributed by atoms with Gasteiger partial charge in [-0.15, -0.1) is 0 Å². The van der Waals surface area contributed by atoms with Crippen LogP contribution in [0.5, 0.6) is 0 Å². The molecular formula is C16H32N2O2. The third kappa shape index (κ3) is 7.02. The van der Waals surface area contributed by atoms with Crippen molar-refractivity contribution in [1.82, 2.24) is 9.80 Å². The second-order valence-electron chi connectivity index (χ2n) is 6.03. The zero-order chi connectivity index (χ0) is 13.9. The zero-order valence-corrected chi connectivity index (χ0v) is 13.0. The first-order chi connectivity index (χ1) is 9.95. The third-order valence-corrected chi connectivity index (χ3v) is 4.37. The molecular weight excluding hydrogens is 252 g/mol. The predicted octanol–water partition coefficient (Wildman–Crippen LogP) is 1.99. The van der Waals surface area contributed by atoms with E-state index in [1.165, 1.54) is 64.7 Å². The minimum atomic E-state index is 0.744. The van der Waals surface area contributed by atoms with Gasteiger partial charge in [0.15, 0.2) is 0 Å². The summed E-state index contributed by atoms with van der Waals surface area (Å²) in [4.78, 5) is 5.03. The molecule has 0 aromatic rings. The van der Waals surface area contributed by atoms with Gasteiger partial charge in [0.05, 0.1) is 26.4 Å². The van der Waals surface area contributed by atoms with E-state index in [1.807, 2.05) is 0 Å². The Balaban J connectivity index is 1.33. The maximum absolute atomic E-state index is 5.65. The molecule has 2 aliphatic heterocycles. The van der Waals surface area contributed by atoms with Crippen molar-refractivity contribution in [3.8, 4) is 0 Å². The molecule has 0 bridgehead atoms. The number of nitrogens with zero attached hydrogens (tertiary/aromatic N) is 2. The SMILES string of the molecule is C1CCN(CCOCCOCCN2CCCCC2)CC1. The minimum absolute atomic E-state index is 0.744. The van der Waals surface area contributed by atoms with Crippen molar-refractivity contribution in [3.63, 3.8) is 0 Å². The quantitative estimate of drug-likeness (QED) is 0.605. The van der Waals surface area contributed by atoms with Gasteiger partial charge in [0.1, 0.15) is 0 Å². The number of ether oxygens (including phenoxy) is 2. The Morgan fingerprint density at radius 1 is 0.500 bits per heavy atom. The summed E-state index contributed by atoms with van der Waals surface area (Å²) in [5.41, 5.74) is 0. The lowest BCUT2D eigenvalue weighted by Gasteiger charge is -2.26. The lowest BCUT2D eigenvalue weighted by molar-refractivity contribution is 0.0282. The molecule has 0 N–H and O–H groups in total. The van der Waals surface area contributed by atoms with E-state index in [-0.39, 0.29) is 0 Å². The smallest absolute Gasteiger partial charge is 0.0701 e. The van der Waals surface area contributed by atoms with Crippen LogP contribution in [-0.2, 0) is 9.47 Å². The van der Waals surface area contributed by atoms with Crippen molar-refractivity contribution in [2.75, 3.05) is 65.7 Å². The van der Waals surface area contributed by atoms with Crippen molar-refractivity contribution in [1.29, 1.82) is 0 Å². The first kappa shape index (κ1) is 16.2. The predicted molar refractivity (Wildman–Crippen MR) is 82.2 cm³/mol. The van der Waals surface area contributed by atoms with Gasteiger partial charge in [0.2, 0.25) is 0 Å². The third-order valence-electron chi connectivity index (χ3n) is 4.37. The van der Waals surface area contributed by atoms with Gasteiger partial charge in [-0.25, -0.2) is 0 Å².